The molecule has 0 atom stereocenters. The van der Waals surface area contributed by atoms with Gasteiger partial charge in [0.2, 0.25) is 0 Å². The van der Waals surface area contributed by atoms with Crippen molar-refractivity contribution in [3.8, 4) is 0 Å². The minimum atomic E-state index is -1.08. The van der Waals surface area contributed by atoms with Gasteiger partial charge in [-0.1, -0.05) is 0 Å². The first-order chi connectivity index (χ1) is 9.38. The monoisotopic (exact) mass is 302 g/mol. The van der Waals surface area contributed by atoms with E-state index in [9.17, 15) is 19.2 Å². The molecule has 21 heavy (non-hydrogen) atoms. The van der Waals surface area contributed by atoms with Crippen LogP contribution in [0.5, 0.6) is 0 Å². The normalized spacial score (nSPS) is 11.8. The predicted octanol–water partition coefficient (Wildman–Crippen LogP) is 1.84. The average Bonchev–Trinajstić information content (AvgIpc) is 2.34. The summed E-state index contributed by atoms with van der Waals surface area (Å²) in [6.45, 7) is 5.89. The summed E-state index contributed by atoms with van der Waals surface area (Å²) in [5.74, 6) is -3.68. The topological polar surface area (TPSA) is 118 Å². The van der Waals surface area contributed by atoms with Gasteiger partial charge in [-0.25, -0.2) is 0 Å². The minimum absolute atomic E-state index is 0.0507. The van der Waals surface area contributed by atoms with E-state index in [4.69, 9.17) is 10.2 Å². The Bertz CT molecular complexity index is 395. The van der Waals surface area contributed by atoms with E-state index in [-0.39, 0.29) is 25.7 Å². The summed E-state index contributed by atoms with van der Waals surface area (Å²) >= 11 is 0. The van der Waals surface area contributed by atoms with Crippen molar-refractivity contribution in [3.05, 3.63) is 0 Å². The van der Waals surface area contributed by atoms with E-state index in [1.54, 1.807) is 0 Å². The molecule has 120 valence electrons. The number of esters is 2. The summed E-state index contributed by atoms with van der Waals surface area (Å²) in [6.07, 6.45) is -0.273. The number of carbonyl (C=O) groups is 4. The van der Waals surface area contributed by atoms with E-state index in [0.717, 1.165) is 0 Å². The average molecular weight is 302 g/mol. The van der Waals surface area contributed by atoms with Gasteiger partial charge in [0.15, 0.2) is 0 Å². The van der Waals surface area contributed by atoms with Gasteiger partial charge in [-0.05, 0) is 40.5 Å². The number of ether oxygens (including phenoxy) is 1. The Morgan fingerprint density at radius 3 is 1.29 bits per heavy atom. The second-order valence-corrected chi connectivity index (χ2v) is 6.22. The number of carboxylic acid groups (broad SMARTS) is 2. The van der Waals surface area contributed by atoms with Crippen molar-refractivity contribution in [1.29, 1.82) is 0 Å². The lowest BCUT2D eigenvalue weighted by Crippen LogP contribution is -2.26. The minimum Gasteiger partial charge on any atom is -0.481 e. The standard InChI is InChI=1S/C14H22O7/c1-13(2,11(17)18)7-5-9(15)21-10(16)6-8-14(3,4)12(19)20/h5-8H2,1-4H3,(H,17,18)(H,19,20). The van der Waals surface area contributed by atoms with Crippen LogP contribution in [-0.4, -0.2) is 34.1 Å². The van der Waals surface area contributed by atoms with Crippen LogP contribution in [0.15, 0.2) is 0 Å². The fraction of sp³-hybridized carbons (Fsp3) is 0.714. The van der Waals surface area contributed by atoms with E-state index < -0.39 is 34.7 Å². The fourth-order valence-corrected chi connectivity index (χ4v) is 1.27. The Balaban J connectivity index is 4.21. The maximum absolute atomic E-state index is 11.4. The number of aliphatic carboxylic acids is 2. The van der Waals surface area contributed by atoms with Gasteiger partial charge in [-0.2, -0.15) is 0 Å². The number of hydrogen-bond acceptors (Lipinski definition) is 5. The molecule has 0 rings (SSSR count). The summed E-state index contributed by atoms with van der Waals surface area (Å²) in [7, 11) is 0. The maximum Gasteiger partial charge on any atom is 0.313 e. The number of carboxylic acids is 2. The van der Waals surface area contributed by atoms with Gasteiger partial charge in [-0.3, -0.25) is 19.2 Å². The molecular weight excluding hydrogens is 280 g/mol. The molecule has 0 radical (unpaired) electrons. The molecule has 0 saturated heterocycles. The maximum atomic E-state index is 11.4. The first kappa shape index (κ1) is 19.1. The number of hydrogen-bond donors (Lipinski definition) is 2. The second kappa shape index (κ2) is 7.19. The lowest BCUT2D eigenvalue weighted by molar-refractivity contribution is -0.160. The van der Waals surface area contributed by atoms with E-state index >= 15 is 0 Å². The summed E-state index contributed by atoms with van der Waals surface area (Å²) in [5.41, 5.74) is -2.15. The van der Waals surface area contributed by atoms with E-state index in [0.29, 0.717) is 0 Å². The van der Waals surface area contributed by atoms with Crippen molar-refractivity contribution in [2.24, 2.45) is 10.8 Å². The molecule has 0 bridgehead atoms. The molecule has 0 saturated carbocycles. The van der Waals surface area contributed by atoms with Crippen LogP contribution in [-0.2, 0) is 23.9 Å². The third-order valence-corrected chi connectivity index (χ3v) is 3.29. The lowest BCUT2D eigenvalue weighted by atomic mass is 9.88. The zero-order valence-electron chi connectivity index (χ0n) is 12.8. The quantitative estimate of drug-likeness (QED) is 0.518. The SMILES string of the molecule is CC(C)(CCC(=O)OC(=O)CCC(C)(C)C(=O)O)C(=O)O. The Morgan fingerprint density at radius 2 is 1.05 bits per heavy atom. The molecule has 0 unspecified atom stereocenters. The van der Waals surface area contributed by atoms with Crippen molar-refractivity contribution >= 4 is 23.9 Å². The van der Waals surface area contributed by atoms with Crippen molar-refractivity contribution in [2.75, 3.05) is 0 Å². The van der Waals surface area contributed by atoms with Crippen LogP contribution in [0.2, 0.25) is 0 Å². The lowest BCUT2D eigenvalue weighted by Gasteiger charge is -2.18. The van der Waals surface area contributed by atoms with E-state index in [1.807, 2.05) is 0 Å². The Hall–Kier alpha value is -1.92. The van der Waals surface area contributed by atoms with Gasteiger partial charge < -0.3 is 14.9 Å². The van der Waals surface area contributed by atoms with Gasteiger partial charge in [0, 0.05) is 12.8 Å². The smallest absolute Gasteiger partial charge is 0.313 e. The zero-order chi connectivity index (χ0) is 16.8. The fourth-order valence-electron chi connectivity index (χ4n) is 1.27. The highest BCUT2D eigenvalue weighted by atomic mass is 16.6. The van der Waals surface area contributed by atoms with Gasteiger partial charge in [0.05, 0.1) is 10.8 Å². The highest BCUT2D eigenvalue weighted by molar-refractivity contribution is 5.86. The molecule has 0 aliphatic rings. The van der Waals surface area contributed by atoms with Gasteiger partial charge in [0.25, 0.3) is 0 Å². The van der Waals surface area contributed by atoms with Crippen LogP contribution in [0.25, 0.3) is 0 Å². The molecule has 0 spiro atoms. The van der Waals surface area contributed by atoms with E-state index in [1.165, 1.54) is 27.7 Å². The Labute approximate surface area is 123 Å². The number of rotatable bonds is 8. The first-order valence-corrected chi connectivity index (χ1v) is 6.59. The third kappa shape index (κ3) is 6.87. The molecule has 7 heteroatoms. The molecule has 0 aromatic heterocycles. The van der Waals surface area contributed by atoms with Crippen LogP contribution < -0.4 is 0 Å². The van der Waals surface area contributed by atoms with Gasteiger partial charge in [0.1, 0.15) is 0 Å². The zero-order valence-corrected chi connectivity index (χ0v) is 12.8. The van der Waals surface area contributed by atoms with Crippen LogP contribution in [0.3, 0.4) is 0 Å². The third-order valence-electron chi connectivity index (χ3n) is 3.29. The molecule has 0 aliphatic carbocycles. The van der Waals surface area contributed by atoms with Crippen LogP contribution in [0, 0.1) is 10.8 Å². The van der Waals surface area contributed by atoms with Crippen LogP contribution >= 0.6 is 0 Å². The van der Waals surface area contributed by atoms with E-state index in [2.05, 4.69) is 4.74 Å². The van der Waals surface area contributed by atoms with Crippen molar-refractivity contribution in [2.45, 2.75) is 53.4 Å². The molecule has 0 aliphatic heterocycles. The summed E-state index contributed by atoms with van der Waals surface area (Å²) in [5, 5.41) is 17.8. The summed E-state index contributed by atoms with van der Waals surface area (Å²) < 4.78 is 4.54. The number of carbonyl (C=O) groups excluding carboxylic acids is 2. The Morgan fingerprint density at radius 1 is 0.762 bits per heavy atom. The highest BCUT2D eigenvalue weighted by Crippen LogP contribution is 2.24. The highest BCUT2D eigenvalue weighted by Gasteiger charge is 2.30. The second-order valence-electron chi connectivity index (χ2n) is 6.22. The van der Waals surface area contributed by atoms with Crippen LogP contribution in [0.1, 0.15) is 53.4 Å². The molecule has 7 nitrogen and oxygen atoms in total. The van der Waals surface area contributed by atoms with Gasteiger partial charge >= 0.3 is 23.9 Å². The summed E-state index contributed by atoms with van der Waals surface area (Å²) in [6, 6.07) is 0. The molecule has 0 heterocycles. The van der Waals surface area contributed by atoms with Crippen molar-refractivity contribution in [3.63, 3.8) is 0 Å². The van der Waals surface area contributed by atoms with Crippen LogP contribution in [0.4, 0.5) is 0 Å². The molecule has 0 aromatic carbocycles. The molecule has 0 amide bonds. The predicted molar refractivity (Wildman–Crippen MR) is 72.4 cm³/mol. The van der Waals surface area contributed by atoms with Crippen molar-refractivity contribution < 1.29 is 34.1 Å². The van der Waals surface area contributed by atoms with Gasteiger partial charge in [-0.15, -0.1) is 0 Å². The largest absolute Gasteiger partial charge is 0.481 e. The molecule has 0 fully saturated rings. The molecule has 2 N–H and O–H groups in total. The molecular formula is C14H22O7. The summed E-state index contributed by atoms with van der Waals surface area (Å²) in [4.78, 5) is 44.6. The first-order valence-electron chi connectivity index (χ1n) is 6.59. The Kier molecular flexibility index (Phi) is 6.53. The molecule has 0 aromatic rings. The van der Waals surface area contributed by atoms with Crippen molar-refractivity contribution in [1.82, 2.24) is 0 Å².